The summed E-state index contributed by atoms with van der Waals surface area (Å²) in [6.45, 7) is 1.14. The fourth-order valence-electron chi connectivity index (χ4n) is 2.98. The maximum absolute atomic E-state index is 12.2. The molecule has 0 spiro atoms. The van der Waals surface area contributed by atoms with Gasteiger partial charge in [-0.2, -0.15) is 0 Å². The summed E-state index contributed by atoms with van der Waals surface area (Å²) in [6, 6.07) is -0.516. The van der Waals surface area contributed by atoms with E-state index >= 15 is 0 Å². The summed E-state index contributed by atoms with van der Waals surface area (Å²) in [7, 11) is -3.21. The highest BCUT2D eigenvalue weighted by atomic mass is 32.2. The Bertz CT molecular complexity index is 458. The summed E-state index contributed by atoms with van der Waals surface area (Å²) < 4.78 is 27.0. The van der Waals surface area contributed by atoms with Crippen LogP contribution in [0, 0.1) is 0 Å². The summed E-state index contributed by atoms with van der Waals surface area (Å²) in [4.78, 5) is 13.8. The number of nitrogens with two attached hydrogens (primary N) is 1. The van der Waals surface area contributed by atoms with E-state index in [1.54, 1.807) is 16.7 Å². The first-order valence-corrected chi connectivity index (χ1v) is 10.8. The molecule has 0 aromatic rings. The van der Waals surface area contributed by atoms with Crippen LogP contribution in [-0.2, 0) is 14.8 Å². The molecule has 0 aromatic carbocycles. The molecule has 128 valence electrons. The van der Waals surface area contributed by atoms with Crippen LogP contribution in [-0.4, -0.2) is 55.2 Å². The van der Waals surface area contributed by atoms with Gasteiger partial charge in [-0.3, -0.25) is 4.79 Å². The lowest BCUT2D eigenvalue weighted by Crippen LogP contribution is -2.43. The largest absolute Gasteiger partial charge is 0.331 e. The third kappa shape index (κ3) is 5.11. The fourth-order valence-corrected chi connectivity index (χ4v) is 5.55. The van der Waals surface area contributed by atoms with E-state index in [1.165, 1.54) is 0 Å². The Labute approximate surface area is 137 Å². The number of carbonyl (C=O) groups is 1. The van der Waals surface area contributed by atoms with Crippen LogP contribution < -0.4 is 10.5 Å². The quantitative estimate of drug-likeness (QED) is 0.666. The molecule has 2 rings (SSSR count). The second kappa shape index (κ2) is 8.52. The molecule has 1 saturated carbocycles. The summed E-state index contributed by atoms with van der Waals surface area (Å²) in [6.07, 6.45) is 5.78. The van der Waals surface area contributed by atoms with Crippen molar-refractivity contribution < 1.29 is 13.2 Å². The van der Waals surface area contributed by atoms with Crippen LogP contribution in [0.1, 0.15) is 44.9 Å². The topological polar surface area (TPSA) is 92.5 Å². The lowest BCUT2D eigenvalue weighted by atomic mass is 10.0. The van der Waals surface area contributed by atoms with Gasteiger partial charge in [0.05, 0.1) is 17.2 Å². The van der Waals surface area contributed by atoms with E-state index in [-0.39, 0.29) is 11.2 Å². The number of rotatable bonds is 7. The Morgan fingerprint density at radius 2 is 2.05 bits per heavy atom. The van der Waals surface area contributed by atoms with Gasteiger partial charge in [0, 0.05) is 18.8 Å². The lowest BCUT2D eigenvalue weighted by Gasteiger charge is -2.22. The Kier molecular flexibility index (Phi) is 6.98. The van der Waals surface area contributed by atoms with Gasteiger partial charge in [-0.15, -0.1) is 11.8 Å². The molecule has 6 nitrogen and oxygen atoms in total. The van der Waals surface area contributed by atoms with E-state index < -0.39 is 16.1 Å². The molecular formula is C14H27N3O3S2. The molecule has 1 atom stereocenters. The van der Waals surface area contributed by atoms with Crippen LogP contribution in [0.2, 0.25) is 0 Å². The molecule has 0 bridgehead atoms. The number of thioether (sulfide) groups is 1. The van der Waals surface area contributed by atoms with Crippen LogP contribution in [0.5, 0.6) is 0 Å². The van der Waals surface area contributed by atoms with Crippen LogP contribution in [0.15, 0.2) is 0 Å². The third-order valence-corrected chi connectivity index (χ3v) is 7.29. The average Bonchev–Trinajstić information content (AvgIpc) is 3.06. The van der Waals surface area contributed by atoms with Crippen LogP contribution >= 0.6 is 11.8 Å². The maximum Gasteiger partial charge on any atom is 0.240 e. The fraction of sp³-hybridized carbons (Fsp3) is 0.929. The second-order valence-electron chi connectivity index (χ2n) is 6.09. The molecule has 1 aliphatic carbocycles. The molecular weight excluding hydrogens is 322 g/mol. The molecule has 0 radical (unpaired) electrons. The molecule has 1 heterocycles. The van der Waals surface area contributed by atoms with Gasteiger partial charge in [-0.05, 0) is 25.7 Å². The van der Waals surface area contributed by atoms with Crippen molar-refractivity contribution in [1.82, 2.24) is 9.62 Å². The minimum absolute atomic E-state index is 0.0138. The zero-order valence-electron chi connectivity index (χ0n) is 13.0. The number of sulfonamides is 1. The van der Waals surface area contributed by atoms with Crippen molar-refractivity contribution >= 4 is 27.7 Å². The number of amides is 1. The predicted molar refractivity (Wildman–Crippen MR) is 90.0 cm³/mol. The van der Waals surface area contributed by atoms with Crippen molar-refractivity contribution in [1.29, 1.82) is 0 Å². The normalized spacial score (nSPS) is 22.0. The van der Waals surface area contributed by atoms with E-state index in [4.69, 9.17) is 5.73 Å². The van der Waals surface area contributed by atoms with Gasteiger partial charge in [0.25, 0.3) is 0 Å². The molecule has 2 aliphatic rings. The lowest BCUT2D eigenvalue weighted by molar-refractivity contribution is -0.131. The van der Waals surface area contributed by atoms with Crippen molar-refractivity contribution in [2.24, 2.45) is 5.73 Å². The Morgan fingerprint density at radius 1 is 1.32 bits per heavy atom. The van der Waals surface area contributed by atoms with Gasteiger partial charge in [0.15, 0.2) is 0 Å². The predicted octanol–water partition coefficient (Wildman–Crippen LogP) is 0.879. The summed E-state index contributed by atoms with van der Waals surface area (Å²) in [5, 5.41) is -0.238. The monoisotopic (exact) mass is 349 g/mol. The molecule has 8 heteroatoms. The highest BCUT2D eigenvalue weighted by Gasteiger charge is 2.27. The summed E-state index contributed by atoms with van der Waals surface area (Å²) in [5.41, 5.74) is 5.91. The van der Waals surface area contributed by atoms with Gasteiger partial charge >= 0.3 is 0 Å². The first-order chi connectivity index (χ1) is 10.5. The van der Waals surface area contributed by atoms with Gasteiger partial charge in [-0.25, -0.2) is 13.1 Å². The van der Waals surface area contributed by atoms with Crippen LogP contribution in [0.4, 0.5) is 0 Å². The van der Waals surface area contributed by atoms with Gasteiger partial charge in [0.1, 0.15) is 0 Å². The van der Waals surface area contributed by atoms with Crippen molar-refractivity contribution in [3.05, 3.63) is 0 Å². The SMILES string of the molecule is NC(CCCNS(=O)(=O)C1CCCCC1)C(=O)N1CCSC1. The zero-order valence-corrected chi connectivity index (χ0v) is 14.6. The Hall–Kier alpha value is -0.310. The first-order valence-electron chi connectivity index (χ1n) is 8.11. The summed E-state index contributed by atoms with van der Waals surface area (Å²) in [5.74, 6) is 1.68. The number of hydrogen-bond acceptors (Lipinski definition) is 5. The van der Waals surface area contributed by atoms with Gasteiger partial charge in [0.2, 0.25) is 15.9 Å². The molecule has 3 N–H and O–H groups in total. The van der Waals surface area contributed by atoms with Crippen molar-refractivity contribution in [3.8, 4) is 0 Å². The smallest absolute Gasteiger partial charge is 0.240 e. The molecule has 0 aromatic heterocycles. The number of carbonyl (C=O) groups excluding carboxylic acids is 1. The van der Waals surface area contributed by atoms with Crippen molar-refractivity contribution in [2.45, 2.75) is 56.2 Å². The van der Waals surface area contributed by atoms with E-state index in [0.717, 1.165) is 50.3 Å². The van der Waals surface area contributed by atoms with Crippen molar-refractivity contribution in [3.63, 3.8) is 0 Å². The number of hydrogen-bond donors (Lipinski definition) is 2. The molecule has 1 saturated heterocycles. The van der Waals surface area contributed by atoms with Gasteiger partial charge < -0.3 is 10.6 Å². The molecule has 2 fully saturated rings. The van der Waals surface area contributed by atoms with E-state index in [9.17, 15) is 13.2 Å². The second-order valence-corrected chi connectivity index (χ2v) is 9.21. The minimum Gasteiger partial charge on any atom is -0.331 e. The molecule has 1 amide bonds. The average molecular weight is 350 g/mol. The standard InChI is InChI=1S/C14H27N3O3S2/c15-13(14(18)17-9-10-21-11-17)7-4-8-16-22(19,20)12-5-2-1-3-6-12/h12-13,16H,1-11,15H2. The van der Waals surface area contributed by atoms with E-state index in [1.807, 2.05) is 0 Å². The van der Waals surface area contributed by atoms with Crippen LogP contribution in [0.25, 0.3) is 0 Å². The highest BCUT2D eigenvalue weighted by Crippen LogP contribution is 2.23. The molecule has 1 unspecified atom stereocenters. The van der Waals surface area contributed by atoms with E-state index in [2.05, 4.69) is 4.72 Å². The minimum atomic E-state index is -3.21. The Morgan fingerprint density at radius 3 is 2.68 bits per heavy atom. The maximum atomic E-state index is 12.2. The van der Waals surface area contributed by atoms with Crippen molar-refractivity contribution in [2.75, 3.05) is 24.7 Å². The van der Waals surface area contributed by atoms with E-state index in [0.29, 0.717) is 19.4 Å². The zero-order chi connectivity index (χ0) is 16.0. The third-order valence-electron chi connectivity index (χ3n) is 4.37. The Balaban J connectivity index is 1.66. The highest BCUT2D eigenvalue weighted by molar-refractivity contribution is 7.99. The molecule has 22 heavy (non-hydrogen) atoms. The van der Waals surface area contributed by atoms with Gasteiger partial charge in [-0.1, -0.05) is 19.3 Å². The van der Waals surface area contributed by atoms with Crippen LogP contribution in [0.3, 0.4) is 0 Å². The molecule has 1 aliphatic heterocycles. The first kappa shape index (κ1) is 18.0. The summed E-state index contributed by atoms with van der Waals surface area (Å²) >= 11 is 1.73. The number of nitrogens with zero attached hydrogens (tertiary/aromatic N) is 1. The number of nitrogens with one attached hydrogen (secondary N) is 1.